The molecule has 9 nitrogen and oxygen atoms in total. The summed E-state index contributed by atoms with van der Waals surface area (Å²) in [7, 11) is 1.56. The maximum Gasteiger partial charge on any atom is 0.262 e. The van der Waals surface area contributed by atoms with Gasteiger partial charge in [-0.3, -0.25) is 4.79 Å². The summed E-state index contributed by atoms with van der Waals surface area (Å²) >= 11 is 6.03. The highest BCUT2D eigenvalue weighted by Gasteiger charge is 2.19. The number of hydrogen-bond donors (Lipinski definition) is 0. The van der Waals surface area contributed by atoms with E-state index < -0.39 is 0 Å². The third-order valence-electron chi connectivity index (χ3n) is 5.59. The number of halogens is 1. The van der Waals surface area contributed by atoms with Crippen LogP contribution in [-0.4, -0.2) is 56.1 Å². The number of carbonyl (C=O) groups excluding carboxylic acids is 1. The summed E-state index contributed by atoms with van der Waals surface area (Å²) in [5.74, 6) is 1.48. The van der Waals surface area contributed by atoms with Crippen LogP contribution in [0.25, 0.3) is 33.9 Å². The topological polar surface area (TPSA) is 99.2 Å². The summed E-state index contributed by atoms with van der Waals surface area (Å²) in [5, 5.41) is 13.1. The number of fused-ring (bicyclic) bond motifs is 1. The molecule has 5 rings (SSSR count). The molecule has 164 valence electrons. The predicted octanol–water partition coefficient (Wildman–Crippen LogP) is 3.82. The van der Waals surface area contributed by atoms with Crippen molar-refractivity contribution in [3.8, 4) is 28.6 Å². The summed E-state index contributed by atoms with van der Waals surface area (Å²) in [6, 6.07) is 10.9. The number of benzene rings is 2. The summed E-state index contributed by atoms with van der Waals surface area (Å²) < 4.78 is 12.6. The van der Waals surface area contributed by atoms with E-state index in [0.717, 1.165) is 37.0 Å². The Morgan fingerprint density at radius 1 is 1.19 bits per heavy atom. The predicted molar refractivity (Wildman–Crippen MR) is 118 cm³/mol. The van der Waals surface area contributed by atoms with Crippen LogP contribution >= 0.6 is 11.6 Å². The molecule has 0 N–H and O–H groups in total. The van der Waals surface area contributed by atoms with Crippen LogP contribution in [0, 0.1) is 0 Å². The lowest BCUT2D eigenvalue weighted by molar-refractivity contribution is -0.130. The molecule has 0 atom stereocenters. The molecule has 0 unspecified atom stereocenters. The van der Waals surface area contributed by atoms with Crippen molar-refractivity contribution >= 4 is 28.5 Å². The molecule has 0 bridgehead atoms. The molecule has 0 saturated carbocycles. The number of carbonyl (C=O) groups is 1. The number of nitrogens with zero attached hydrogens (tertiary/aromatic N) is 6. The summed E-state index contributed by atoms with van der Waals surface area (Å²) in [4.78, 5) is 18.7. The van der Waals surface area contributed by atoms with Gasteiger partial charge in [0.25, 0.3) is 5.89 Å². The average molecular weight is 453 g/mol. The molecule has 4 aromatic rings. The zero-order valence-electron chi connectivity index (χ0n) is 17.5. The largest absolute Gasteiger partial charge is 0.496 e. The van der Waals surface area contributed by atoms with Crippen LogP contribution in [0.1, 0.15) is 19.3 Å². The SMILES string of the molecule is COc1cc(Cl)ccc1-c1nc(-c2ccc3c(c2)nnn3CCC(=O)N2CCCC2)no1. The molecule has 1 fully saturated rings. The molecule has 10 heteroatoms. The second-order valence-corrected chi connectivity index (χ2v) is 8.06. The highest BCUT2D eigenvalue weighted by molar-refractivity contribution is 6.30. The van der Waals surface area contributed by atoms with Crippen molar-refractivity contribution in [1.82, 2.24) is 30.0 Å². The van der Waals surface area contributed by atoms with Crippen molar-refractivity contribution < 1.29 is 14.1 Å². The van der Waals surface area contributed by atoms with Gasteiger partial charge in [-0.1, -0.05) is 22.0 Å². The summed E-state index contributed by atoms with van der Waals surface area (Å²) in [6.07, 6.45) is 2.59. The van der Waals surface area contributed by atoms with Crippen LogP contribution in [0.4, 0.5) is 0 Å². The Balaban J connectivity index is 1.35. The number of likely N-dealkylation sites (tertiary alicyclic amines) is 1. The Hall–Kier alpha value is -3.46. The minimum atomic E-state index is 0.166. The van der Waals surface area contributed by atoms with Gasteiger partial charge in [0.2, 0.25) is 11.7 Å². The maximum absolute atomic E-state index is 12.3. The summed E-state index contributed by atoms with van der Waals surface area (Å²) in [6.45, 7) is 2.21. The Kier molecular flexibility index (Phi) is 5.48. The monoisotopic (exact) mass is 452 g/mol. The fourth-order valence-electron chi connectivity index (χ4n) is 3.89. The standard InChI is InChI=1S/C22H21ClN6O3/c1-31-19-13-15(23)5-6-16(19)22-24-21(26-32-22)14-4-7-18-17(12-14)25-27-29(18)11-8-20(30)28-9-2-3-10-28/h4-7,12-13H,2-3,8-11H2,1H3. The molecule has 0 radical (unpaired) electrons. The highest BCUT2D eigenvalue weighted by atomic mass is 35.5. The van der Waals surface area contributed by atoms with E-state index in [1.54, 1.807) is 30.0 Å². The first-order valence-corrected chi connectivity index (χ1v) is 10.8. The van der Waals surface area contributed by atoms with Gasteiger partial charge in [-0.2, -0.15) is 4.98 Å². The van der Waals surface area contributed by atoms with E-state index in [-0.39, 0.29) is 5.91 Å². The highest BCUT2D eigenvalue weighted by Crippen LogP contribution is 2.32. The van der Waals surface area contributed by atoms with Gasteiger partial charge in [0.1, 0.15) is 11.3 Å². The molecule has 2 aromatic heterocycles. The third-order valence-corrected chi connectivity index (χ3v) is 5.82. The van der Waals surface area contributed by atoms with E-state index in [0.29, 0.717) is 46.5 Å². The van der Waals surface area contributed by atoms with Crippen molar-refractivity contribution in [2.45, 2.75) is 25.8 Å². The van der Waals surface area contributed by atoms with Crippen molar-refractivity contribution in [3.05, 3.63) is 41.4 Å². The van der Waals surface area contributed by atoms with Crippen LogP contribution in [0.5, 0.6) is 5.75 Å². The molecule has 1 aliphatic rings. The minimum Gasteiger partial charge on any atom is -0.496 e. The van der Waals surface area contributed by atoms with Gasteiger partial charge in [0.05, 0.1) is 24.7 Å². The van der Waals surface area contributed by atoms with Crippen LogP contribution in [-0.2, 0) is 11.3 Å². The van der Waals surface area contributed by atoms with E-state index in [2.05, 4.69) is 20.5 Å². The Bertz CT molecular complexity index is 1280. The molecule has 0 spiro atoms. The van der Waals surface area contributed by atoms with Gasteiger partial charge in [-0.05, 0) is 49.2 Å². The number of amides is 1. The van der Waals surface area contributed by atoms with Gasteiger partial charge in [0.15, 0.2) is 0 Å². The smallest absolute Gasteiger partial charge is 0.262 e. The second kappa shape index (κ2) is 8.58. The van der Waals surface area contributed by atoms with Crippen LogP contribution in [0.2, 0.25) is 5.02 Å². The fraction of sp³-hybridized carbons (Fsp3) is 0.318. The van der Waals surface area contributed by atoms with Crippen LogP contribution < -0.4 is 4.74 Å². The lowest BCUT2D eigenvalue weighted by Gasteiger charge is -2.14. The van der Waals surface area contributed by atoms with Crippen molar-refractivity contribution in [3.63, 3.8) is 0 Å². The first kappa shape index (κ1) is 20.4. The Morgan fingerprint density at radius 2 is 2.03 bits per heavy atom. The quantitative estimate of drug-likeness (QED) is 0.438. The van der Waals surface area contributed by atoms with Gasteiger partial charge in [-0.25, -0.2) is 4.68 Å². The number of methoxy groups -OCH3 is 1. The van der Waals surface area contributed by atoms with Gasteiger partial charge in [0, 0.05) is 30.1 Å². The van der Waals surface area contributed by atoms with E-state index in [1.165, 1.54) is 0 Å². The number of aryl methyl sites for hydroxylation is 1. The third kappa shape index (κ3) is 3.91. The lowest BCUT2D eigenvalue weighted by Crippen LogP contribution is -2.28. The molecule has 32 heavy (non-hydrogen) atoms. The molecule has 2 aromatic carbocycles. The molecule has 1 aliphatic heterocycles. The maximum atomic E-state index is 12.3. The van der Waals surface area contributed by atoms with Gasteiger partial charge >= 0.3 is 0 Å². The van der Waals surface area contributed by atoms with Crippen molar-refractivity contribution in [1.29, 1.82) is 0 Å². The fourth-order valence-corrected chi connectivity index (χ4v) is 4.06. The van der Waals surface area contributed by atoms with Gasteiger partial charge < -0.3 is 14.2 Å². The Labute approximate surface area is 188 Å². The van der Waals surface area contributed by atoms with E-state index >= 15 is 0 Å². The molecular weight excluding hydrogens is 432 g/mol. The van der Waals surface area contributed by atoms with Crippen molar-refractivity contribution in [2.75, 3.05) is 20.2 Å². The number of aromatic nitrogens is 5. The summed E-state index contributed by atoms with van der Waals surface area (Å²) in [5.41, 5.74) is 2.96. The molecule has 1 amide bonds. The number of hydrogen-bond acceptors (Lipinski definition) is 7. The zero-order valence-corrected chi connectivity index (χ0v) is 18.2. The minimum absolute atomic E-state index is 0.166. The second-order valence-electron chi connectivity index (χ2n) is 7.62. The van der Waals surface area contributed by atoms with Crippen molar-refractivity contribution in [2.24, 2.45) is 0 Å². The van der Waals surface area contributed by atoms with E-state index in [1.807, 2.05) is 23.1 Å². The normalized spacial score (nSPS) is 13.8. The van der Waals surface area contributed by atoms with E-state index in [9.17, 15) is 4.79 Å². The van der Waals surface area contributed by atoms with Crippen LogP contribution in [0.15, 0.2) is 40.9 Å². The molecular formula is C22H21ClN6O3. The van der Waals surface area contributed by atoms with Crippen LogP contribution in [0.3, 0.4) is 0 Å². The molecule has 0 aliphatic carbocycles. The molecule has 1 saturated heterocycles. The number of rotatable bonds is 6. The van der Waals surface area contributed by atoms with Gasteiger partial charge in [-0.15, -0.1) is 5.10 Å². The van der Waals surface area contributed by atoms with E-state index in [4.69, 9.17) is 20.9 Å². The molecule has 3 heterocycles. The average Bonchev–Trinajstić information content (AvgIpc) is 3.58. The Morgan fingerprint density at radius 3 is 2.84 bits per heavy atom. The first-order chi connectivity index (χ1) is 15.6. The number of ether oxygens (including phenoxy) is 1. The lowest BCUT2D eigenvalue weighted by atomic mass is 10.1. The first-order valence-electron chi connectivity index (χ1n) is 10.4. The zero-order chi connectivity index (χ0) is 22.1.